The Hall–Kier alpha value is -1.15. The molecule has 2 heteroatoms. The summed E-state index contributed by atoms with van der Waals surface area (Å²) in [6.45, 7) is 11.8. The molecule has 0 aliphatic carbocycles. The van der Waals surface area contributed by atoms with E-state index in [1.807, 2.05) is 27.7 Å². The first-order valence-electron chi connectivity index (χ1n) is 6.43. The summed E-state index contributed by atoms with van der Waals surface area (Å²) < 4.78 is 0. The van der Waals surface area contributed by atoms with Crippen LogP contribution in [0.5, 0.6) is 0 Å². The highest BCUT2D eigenvalue weighted by atomic mass is 16.1. The molecule has 0 radical (unpaired) electrons. The van der Waals surface area contributed by atoms with E-state index in [-0.39, 0.29) is 5.78 Å². The van der Waals surface area contributed by atoms with Crippen molar-refractivity contribution in [3.8, 4) is 0 Å². The van der Waals surface area contributed by atoms with E-state index >= 15 is 0 Å². The molecule has 0 saturated heterocycles. The van der Waals surface area contributed by atoms with Crippen molar-refractivity contribution in [2.45, 2.75) is 53.5 Å². The van der Waals surface area contributed by atoms with Crippen LogP contribution in [0, 0.1) is 19.3 Å². The molecule has 1 aromatic carbocycles. The summed E-state index contributed by atoms with van der Waals surface area (Å²) in [5.41, 5.74) is 8.54. The van der Waals surface area contributed by atoms with Crippen molar-refractivity contribution in [3.05, 3.63) is 34.9 Å². The van der Waals surface area contributed by atoms with Gasteiger partial charge in [0.1, 0.15) is 5.78 Å². The number of benzene rings is 1. The minimum atomic E-state index is -0.523. The summed E-state index contributed by atoms with van der Waals surface area (Å²) in [6.07, 6.45) is 0.455. The largest absolute Gasteiger partial charge is 0.325 e. The van der Waals surface area contributed by atoms with E-state index in [0.29, 0.717) is 6.42 Å². The highest BCUT2D eigenvalue weighted by molar-refractivity contribution is 5.87. The fraction of sp³-hybridized carbons (Fsp3) is 0.562. The van der Waals surface area contributed by atoms with Crippen molar-refractivity contribution in [1.29, 1.82) is 0 Å². The number of ketones is 1. The van der Waals surface area contributed by atoms with Crippen LogP contribution in [0.25, 0.3) is 0 Å². The van der Waals surface area contributed by atoms with E-state index in [4.69, 9.17) is 5.73 Å². The highest BCUT2D eigenvalue weighted by Gasteiger charge is 2.39. The van der Waals surface area contributed by atoms with E-state index in [9.17, 15) is 4.79 Å². The molecule has 1 rings (SSSR count). The van der Waals surface area contributed by atoms with Crippen molar-refractivity contribution < 1.29 is 4.79 Å². The maximum Gasteiger partial charge on any atom is 0.144 e. The maximum atomic E-state index is 12.4. The van der Waals surface area contributed by atoms with E-state index in [1.54, 1.807) is 0 Å². The second-order valence-electron chi connectivity index (χ2n) is 6.44. The fourth-order valence-corrected chi connectivity index (χ4v) is 1.94. The van der Waals surface area contributed by atoms with E-state index in [2.05, 4.69) is 32.0 Å². The third kappa shape index (κ3) is 3.20. The van der Waals surface area contributed by atoms with Crippen LogP contribution in [0.15, 0.2) is 18.2 Å². The molecule has 18 heavy (non-hydrogen) atoms. The Labute approximate surface area is 111 Å². The fourth-order valence-electron chi connectivity index (χ4n) is 1.94. The van der Waals surface area contributed by atoms with Crippen LogP contribution in [0.4, 0.5) is 0 Å². The van der Waals surface area contributed by atoms with Crippen LogP contribution < -0.4 is 5.73 Å². The molecule has 0 aromatic heterocycles. The van der Waals surface area contributed by atoms with Crippen LogP contribution in [-0.2, 0) is 11.2 Å². The minimum absolute atomic E-state index is 0.194. The Morgan fingerprint density at radius 1 is 1.06 bits per heavy atom. The molecule has 0 fully saturated rings. The van der Waals surface area contributed by atoms with Gasteiger partial charge in [-0.3, -0.25) is 4.79 Å². The zero-order chi connectivity index (χ0) is 14.1. The van der Waals surface area contributed by atoms with Gasteiger partial charge in [0.15, 0.2) is 0 Å². The SMILES string of the molecule is Cc1cc(C)cc(CC(=O)C(C)(C)C(C)(C)N)c1. The van der Waals surface area contributed by atoms with Gasteiger partial charge in [-0.2, -0.15) is 0 Å². The van der Waals surface area contributed by atoms with Gasteiger partial charge in [-0.25, -0.2) is 0 Å². The lowest BCUT2D eigenvalue weighted by Gasteiger charge is -2.37. The molecule has 0 heterocycles. The summed E-state index contributed by atoms with van der Waals surface area (Å²) in [4.78, 5) is 12.4. The Morgan fingerprint density at radius 2 is 1.50 bits per heavy atom. The Morgan fingerprint density at radius 3 is 1.89 bits per heavy atom. The average molecular weight is 247 g/mol. The quantitative estimate of drug-likeness (QED) is 0.888. The summed E-state index contributed by atoms with van der Waals surface area (Å²) in [5, 5.41) is 0. The normalized spacial score (nSPS) is 12.6. The number of carbonyl (C=O) groups excluding carboxylic acids is 1. The zero-order valence-corrected chi connectivity index (χ0v) is 12.4. The number of aryl methyl sites for hydroxylation is 2. The molecular formula is C16H25NO. The van der Waals surface area contributed by atoms with Crippen LogP contribution in [-0.4, -0.2) is 11.3 Å². The van der Waals surface area contributed by atoms with E-state index < -0.39 is 11.0 Å². The van der Waals surface area contributed by atoms with Gasteiger partial charge in [-0.1, -0.05) is 43.2 Å². The third-order valence-corrected chi connectivity index (χ3v) is 3.95. The van der Waals surface area contributed by atoms with E-state index in [0.717, 1.165) is 5.56 Å². The second kappa shape index (κ2) is 4.85. The Kier molecular flexibility index (Phi) is 4.02. The number of Topliss-reactive ketones (excluding diaryl/α,β-unsaturated/α-hetero) is 1. The van der Waals surface area contributed by atoms with Gasteiger partial charge in [0.05, 0.1) is 0 Å². The number of nitrogens with two attached hydrogens (primary N) is 1. The van der Waals surface area contributed by atoms with Gasteiger partial charge in [-0.15, -0.1) is 0 Å². The lowest BCUT2D eigenvalue weighted by molar-refractivity contribution is -0.129. The van der Waals surface area contributed by atoms with Crippen molar-refractivity contribution >= 4 is 5.78 Å². The van der Waals surface area contributed by atoms with E-state index in [1.165, 1.54) is 11.1 Å². The Bertz CT molecular complexity index is 432. The first kappa shape index (κ1) is 14.9. The lowest BCUT2D eigenvalue weighted by Crippen LogP contribution is -2.52. The smallest absolute Gasteiger partial charge is 0.144 e. The highest BCUT2D eigenvalue weighted by Crippen LogP contribution is 2.30. The molecule has 0 atom stereocenters. The molecule has 100 valence electrons. The zero-order valence-electron chi connectivity index (χ0n) is 12.4. The summed E-state index contributed by atoms with van der Waals surface area (Å²) in [6, 6.07) is 6.26. The number of hydrogen-bond acceptors (Lipinski definition) is 2. The molecule has 0 aliphatic rings. The first-order valence-corrected chi connectivity index (χ1v) is 6.43. The van der Waals surface area contributed by atoms with Crippen molar-refractivity contribution in [2.75, 3.05) is 0 Å². The maximum absolute atomic E-state index is 12.4. The minimum Gasteiger partial charge on any atom is -0.325 e. The molecule has 2 N–H and O–H groups in total. The molecule has 2 nitrogen and oxygen atoms in total. The molecule has 0 saturated carbocycles. The predicted molar refractivity (Wildman–Crippen MR) is 76.7 cm³/mol. The lowest BCUT2D eigenvalue weighted by atomic mass is 9.70. The number of hydrogen-bond donors (Lipinski definition) is 1. The van der Waals surface area contributed by atoms with Crippen LogP contribution in [0.2, 0.25) is 0 Å². The van der Waals surface area contributed by atoms with Gasteiger partial charge in [0.2, 0.25) is 0 Å². The van der Waals surface area contributed by atoms with Gasteiger partial charge >= 0.3 is 0 Å². The van der Waals surface area contributed by atoms with Crippen molar-refractivity contribution in [1.82, 2.24) is 0 Å². The summed E-state index contributed by atoms with van der Waals surface area (Å²) in [7, 11) is 0. The molecule has 0 bridgehead atoms. The molecule has 0 spiro atoms. The molecule has 0 aliphatic heterocycles. The van der Waals surface area contributed by atoms with Gasteiger partial charge in [0, 0.05) is 17.4 Å². The third-order valence-electron chi connectivity index (χ3n) is 3.95. The van der Waals surface area contributed by atoms with Crippen LogP contribution >= 0.6 is 0 Å². The summed E-state index contributed by atoms with van der Waals surface area (Å²) in [5.74, 6) is 0.194. The summed E-state index contributed by atoms with van der Waals surface area (Å²) >= 11 is 0. The van der Waals surface area contributed by atoms with Gasteiger partial charge in [-0.05, 0) is 33.3 Å². The van der Waals surface area contributed by atoms with Crippen LogP contribution in [0.1, 0.15) is 44.4 Å². The average Bonchev–Trinajstić information content (AvgIpc) is 2.13. The first-order chi connectivity index (χ1) is 8.04. The predicted octanol–water partition coefficient (Wildman–Crippen LogP) is 3.18. The number of rotatable bonds is 4. The topological polar surface area (TPSA) is 43.1 Å². The standard InChI is InChI=1S/C16H25NO/c1-11-7-12(2)9-13(8-11)10-14(18)15(3,4)16(5,6)17/h7-9H,10,17H2,1-6H3. The van der Waals surface area contributed by atoms with Crippen molar-refractivity contribution in [3.63, 3.8) is 0 Å². The molecular weight excluding hydrogens is 222 g/mol. The molecule has 0 amide bonds. The molecule has 0 unspecified atom stereocenters. The van der Waals surface area contributed by atoms with Crippen LogP contribution in [0.3, 0.4) is 0 Å². The Balaban J connectivity index is 2.95. The molecule has 1 aromatic rings. The second-order valence-corrected chi connectivity index (χ2v) is 6.44. The number of carbonyl (C=O) groups is 1. The van der Waals surface area contributed by atoms with Gasteiger partial charge in [0.25, 0.3) is 0 Å². The van der Waals surface area contributed by atoms with Gasteiger partial charge < -0.3 is 5.73 Å². The monoisotopic (exact) mass is 247 g/mol. The van der Waals surface area contributed by atoms with Crippen molar-refractivity contribution in [2.24, 2.45) is 11.1 Å².